The van der Waals surface area contributed by atoms with Crippen LogP contribution >= 0.6 is 0 Å². The van der Waals surface area contributed by atoms with Gasteiger partial charge in [0.15, 0.2) is 6.17 Å². The lowest BCUT2D eigenvalue weighted by Gasteiger charge is -2.42. The first-order chi connectivity index (χ1) is 12.1. The van der Waals surface area contributed by atoms with Crippen molar-refractivity contribution in [2.75, 3.05) is 13.2 Å². The Hall–Kier alpha value is -1.93. The summed E-state index contributed by atoms with van der Waals surface area (Å²) < 4.78 is 20.4. The molecule has 5 heteroatoms. The van der Waals surface area contributed by atoms with Crippen molar-refractivity contribution in [2.45, 2.75) is 43.9 Å². The molecule has 4 unspecified atom stereocenters. The summed E-state index contributed by atoms with van der Waals surface area (Å²) >= 11 is 0. The fourth-order valence-electron chi connectivity index (χ4n) is 4.86. The van der Waals surface area contributed by atoms with Gasteiger partial charge in [-0.3, -0.25) is 4.79 Å². The van der Waals surface area contributed by atoms with Crippen LogP contribution in [0.1, 0.15) is 44.7 Å². The molecule has 1 amide bonds. The molecule has 25 heavy (non-hydrogen) atoms. The van der Waals surface area contributed by atoms with Gasteiger partial charge in [0.25, 0.3) is 5.91 Å². The second-order valence-electron chi connectivity index (χ2n) is 7.74. The van der Waals surface area contributed by atoms with Crippen LogP contribution < -0.4 is 5.32 Å². The number of nitrogens with one attached hydrogen (secondary N) is 1. The Bertz CT molecular complexity index is 716. The van der Waals surface area contributed by atoms with E-state index in [1.165, 1.54) is 6.42 Å². The van der Waals surface area contributed by atoms with Gasteiger partial charge in [-0.2, -0.15) is 5.26 Å². The monoisotopic (exact) mass is 344 g/mol. The second kappa shape index (κ2) is 6.42. The molecule has 2 bridgehead atoms. The van der Waals surface area contributed by atoms with Crippen LogP contribution in [0.15, 0.2) is 24.3 Å². The molecule has 2 aliphatic carbocycles. The van der Waals surface area contributed by atoms with Crippen molar-refractivity contribution in [1.29, 1.82) is 5.26 Å². The Labute approximate surface area is 148 Å². The fraction of sp³-hybridized carbons (Fsp3) is 0.600. The second-order valence-corrected chi connectivity index (χ2v) is 7.74. The van der Waals surface area contributed by atoms with E-state index in [1.54, 1.807) is 12.1 Å². The molecule has 5 atom stereocenters. The van der Waals surface area contributed by atoms with Crippen LogP contribution in [-0.4, -0.2) is 25.2 Å². The minimum Gasteiger partial charge on any atom is -0.368 e. The van der Waals surface area contributed by atoms with Crippen LogP contribution in [0.25, 0.3) is 0 Å². The predicted octanol–water partition coefficient (Wildman–Crippen LogP) is 3.31. The topological polar surface area (TPSA) is 62.1 Å². The van der Waals surface area contributed by atoms with Gasteiger partial charge < -0.3 is 10.1 Å². The van der Waals surface area contributed by atoms with Gasteiger partial charge in [0.05, 0.1) is 24.8 Å². The summed E-state index contributed by atoms with van der Waals surface area (Å²) in [4.78, 5) is 12.4. The lowest BCUT2D eigenvalue weighted by Crippen LogP contribution is -2.52. The summed E-state index contributed by atoms with van der Waals surface area (Å²) in [6, 6.07) is 9.35. The number of carbonyl (C=O) groups excluding carboxylic acids is 1. The third-order valence-corrected chi connectivity index (χ3v) is 6.37. The first kappa shape index (κ1) is 16.5. The van der Waals surface area contributed by atoms with Gasteiger partial charge in [-0.1, -0.05) is 18.6 Å². The number of hydrogen-bond acceptors (Lipinski definition) is 3. The maximum absolute atomic E-state index is 14.7. The first-order valence-electron chi connectivity index (χ1n) is 9.18. The Morgan fingerprint density at radius 1 is 1.48 bits per heavy atom. The highest BCUT2D eigenvalue weighted by molar-refractivity contribution is 5.81. The van der Waals surface area contributed by atoms with Gasteiger partial charge in [-0.05, 0) is 48.8 Å². The zero-order valence-electron chi connectivity index (χ0n) is 14.2. The van der Waals surface area contributed by atoms with E-state index in [-0.39, 0.29) is 13.9 Å². The molecular weight excluding hydrogens is 319 g/mol. The van der Waals surface area contributed by atoms with Gasteiger partial charge in [-0.25, -0.2) is 4.39 Å². The molecule has 1 N–H and O–H groups in total. The highest BCUT2D eigenvalue weighted by Crippen LogP contribution is 2.50. The Morgan fingerprint density at radius 3 is 2.92 bits per heavy atom. The number of fused-ring (bicyclic) bond motifs is 2. The predicted molar refractivity (Wildman–Crippen MR) is 92.4 cm³/mol. The SMILES string of the molecule is N#Cc1cccc([C@]2(CNC(=O)C(F)C3CC4CCC3C4)CCO2)c1.[HH]. The molecule has 1 aromatic rings. The third-order valence-electron chi connectivity index (χ3n) is 6.37. The molecule has 3 fully saturated rings. The van der Waals surface area contributed by atoms with Gasteiger partial charge in [0.2, 0.25) is 0 Å². The largest absolute Gasteiger partial charge is 0.368 e. The van der Waals surface area contributed by atoms with Crippen molar-refractivity contribution in [3.05, 3.63) is 35.4 Å². The van der Waals surface area contributed by atoms with E-state index >= 15 is 0 Å². The third kappa shape index (κ3) is 2.93. The summed E-state index contributed by atoms with van der Waals surface area (Å²) in [6.07, 6.45) is 3.54. The average Bonchev–Trinajstić information content (AvgIpc) is 3.23. The molecule has 0 radical (unpaired) electrons. The van der Waals surface area contributed by atoms with E-state index in [2.05, 4.69) is 11.4 Å². The number of amides is 1. The van der Waals surface area contributed by atoms with Crippen LogP contribution in [0.3, 0.4) is 0 Å². The summed E-state index contributed by atoms with van der Waals surface area (Å²) in [5, 5.41) is 11.8. The molecule has 3 aliphatic rings. The molecule has 1 saturated heterocycles. The molecule has 0 spiro atoms. The number of nitrogens with zero attached hydrogens (tertiary/aromatic N) is 1. The normalized spacial score (nSPS) is 34.2. The van der Waals surface area contributed by atoms with E-state index in [9.17, 15) is 9.18 Å². The van der Waals surface area contributed by atoms with Gasteiger partial charge in [0.1, 0.15) is 5.60 Å². The number of halogens is 1. The van der Waals surface area contributed by atoms with Crippen molar-refractivity contribution >= 4 is 5.91 Å². The molecule has 4 nitrogen and oxygen atoms in total. The number of carbonyl (C=O) groups is 1. The maximum atomic E-state index is 14.7. The van der Waals surface area contributed by atoms with E-state index in [0.717, 1.165) is 31.2 Å². The highest BCUT2D eigenvalue weighted by atomic mass is 19.1. The molecule has 1 aromatic carbocycles. The zero-order chi connectivity index (χ0) is 17.4. The van der Waals surface area contributed by atoms with Crippen LogP contribution in [-0.2, 0) is 15.1 Å². The van der Waals surface area contributed by atoms with E-state index < -0.39 is 17.7 Å². The van der Waals surface area contributed by atoms with Crippen molar-refractivity contribution in [2.24, 2.45) is 17.8 Å². The number of hydrogen-bond donors (Lipinski definition) is 1. The highest BCUT2D eigenvalue weighted by Gasteiger charge is 2.46. The summed E-state index contributed by atoms with van der Waals surface area (Å²) in [7, 11) is 0. The summed E-state index contributed by atoms with van der Waals surface area (Å²) in [5.41, 5.74) is 0.800. The number of nitriles is 1. The minimum atomic E-state index is -1.42. The van der Waals surface area contributed by atoms with Crippen LogP contribution in [0.2, 0.25) is 0 Å². The Balaban J connectivity index is 0.00000196. The van der Waals surface area contributed by atoms with Crippen LogP contribution in [0, 0.1) is 29.1 Å². The van der Waals surface area contributed by atoms with E-state index in [0.29, 0.717) is 24.0 Å². The van der Waals surface area contributed by atoms with E-state index in [4.69, 9.17) is 10.00 Å². The lowest BCUT2D eigenvalue weighted by molar-refractivity contribution is -0.157. The standard InChI is InChI=1S/C20H23FN2O2.H2/c21-18(17-10-13-4-5-15(17)8-13)19(24)23-12-20(6-7-25-20)16-3-1-2-14(9-16)11-22;/h1-3,9,13,15,17-18H,4-8,10,12H2,(H,23,24);1H/t13?,15?,17?,18?,20-;/m1./s1. The first-order valence-corrected chi connectivity index (χ1v) is 9.18. The average molecular weight is 344 g/mol. The molecule has 1 heterocycles. The Morgan fingerprint density at radius 2 is 2.32 bits per heavy atom. The fourth-order valence-corrected chi connectivity index (χ4v) is 4.86. The summed E-state index contributed by atoms with van der Waals surface area (Å²) in [5.74, 6) is 0.380. The van der Waals surface area contributed by atoms with Crippen molar-refractivity contribution in [3.8, 4) is 6.07 Å². The molecule has 4 rings (SSSR count). The van der Waals surface area contributed by atoms with E-state index in [1.807, 2.05) is 12.1 Å². The number of benzene rings is 1. The zero-order valence-corrected chi connectivity index (χ0v) is 14.2. The van der Waals surface area contributed by atoms with Crippen molar-refractivity contribution < 1.29 is 15.3 Å². The molecule has 134 valence electrons. The summed E-state index contributed by atoms with van der Waals surface area (Å²) in [6.45, 7) is 0.861. The minimum absolute atomic E-state index is 0. The molecular formula is C20H25FN2O2. The van der Waals surface area contributed by atoms with Crippen molar-refractivity contribution in [1.82, 2.24) is 5.32 Å². The van der Waals surface area contributed by atoms with Crippen molar-refractivity contribution in [3.63, 3.8) is 0 Å². The smallest absolute Gasteiger partial charge is 0.254 e. The lowest BCUT2D eigenvalue weighted by atomic mass is 9.84. The maximum Gasteiger partial charge on any atom is 0.254 e. The quantitative estimate of drug-likeness (QED) is 0.891. The molecule has 1 aliphatic heterocycles. The number of alkyl halides is 1. The Kier molecular flexibility index (Phi) is 4.24. The van der Waals surface area contributed by atoms with Crippen LogP contribution in [0.5, 0.6) is 0 Å². The van der Waals surface area contributed by atoms with Gasteiger partial charge in [-0.15, -0.1) is 0 Å². The number of ether oxygens (including phenoxy) is 1. The van der Waals surface area contributed by atoms with Crippen LogP contribution in [0.4, 0.5) is 4.39 Å². The van der Waals surface area contributed by atoms with Gasteiger partial charge in [0, 0.05) is 13.8 Å². The number of rotatable bonds is 5. The molecule has 2 saturated carbocycles. The van der Waals surface area contributed by atoms with Gasteiger partial charge >= 0.3 is 0 Å². The molecule has 0 aromatic heterocycles.